The Kier molecular flexibility index (Phi) is 7.39. The maximum atomic E-state index is 12.8. The summed E-state index contributed by atoms with van der Waals surface area (Å²) < 4.78 is 11.1. The minimum atomic E-state index is -1.57. The first kappa shape index (κ1) is 24.7. The number of carbonyl (C=O) groups excluding carboxylic acids is 2. The summed E-state index contributed by atoms with van der Waals surface area (Å²) in [6.07, 6.45) is 0. The Bertz CT molecular complexity index is 1090. The van der Waals surface area contributed by atoms with Gasteiger partial charge in [-0.15, -0.1) is 0 Å². The van der Waals surface area contributed by atoms with Gasteiger partial charge in [-0.05, 0) is 42.0 Å². The van der Waals surface area contributed by atoms with E-state index in [2.05, 4.69) is 45.3 Å². The number of hydrogen-bond acceptors (Lipinski definition) is 4. The molecule has 0 aliphatic carbocycles. The molecule has 0 atom stereocenters. The SMILES string of the molecule is C[Si](C)(C)c1cc(OC(=O)c2ccc(COC(=O)c3ccccc3)cc2)cc([Si](C)(C)C)c1. The van der Waals surface area contributed by atoms with Crippen LogP contribution in [0.1, 0.15) is 26.3 Å². The molecule has 6 heteroatoms. The zero-order valence-corrected chi connectivity index (χ0v) is 22.3. The monoisotopic (exact) mass is 476 g/mol. The van der Waals surface area contributed by atoms with Gasteiger partial charge in [-0.25, -0.2) is 9.59 Å². The standard InChI is InChI=1S/C27H32O4Si2/c1-32(2,3)24-16-23(17-25(18-24)33(4,5)6)31-27(29)22-14-12-20(13-15-22)19-30-26(28)21-10-8-7-9-11-21/h7-18H,19H2,1-6H3. The predicted octanol–water partition coefficient (Wildman–Crippen LogP) is 5.35. The van der Waals surface area contributed by atoms with E-state index in [1.54, 1.807) is 48.5 Å². The van der Waals surface area contributed by atoms with Gasteiger partial charge >= 0.3 is 11.9 Å². The molecule has 0 aromatic heterocycles. The van der Waals surface area contributed by atoms with Gasteiger partial charge < -0.3 is 9.47 Å². The number of ether oxygens (including phenoxy) is 2. The number of rotatable bonds is 7. The van der Waals surface area contributed by atoms with Gasteiger partial charge in [0.2, 0.25) is 0 Å². The van der Waals surface area contributed by atoms with E-state index in [1.807, 2.05) is 18.2 Å². The molecule has 4 nitrogen and oxygen atoms in total. The first-order valence-electron chi connectivity index (χ1n) is 11.1. The minimum Gasteiger partial charge on any atom is -0.457 e. The highest BCUT2D eigenvalue weighted by molar-refractivity contribution is 6.91. The van der Waals surface area contributed by atoms with Crippen LogP contribution in [-0.4, -0.2) is 28.1 Å². The molecule has 3 rings (SSSR count). The quantitative estimate of drug-likeness (QED) is 0.262. The van der Waals surface area contributed by atoms with Gasteiger partial charge in [0.1, 0.15) is 12.4 Å². The molecule has 0 radical (unpaired) electrons. The zero-order chi connectivity index (χ0) is 24.2. The molecule has 0 amide bonds. The summed E-state index contributed by atoms with van der Waals surface area (Å²) >= 11 is 0. The van der Waals surface area contributed by atoms with Crippen molar-refractivity contribution in [1.82, 2.24) is 0 Å². The fourth-order valence-corrected chi connectivity index (χ4v) is 5.71. The van der Waals surface area contributed by atoms with Crippen molar-refractivity contribution in [2.45, 2.75) is 45.9 Å². The van der Waals surface area contributed by atoms with Crippen LogP contribution in [0.4, 0.5) is 0 Å². The van der Waals surface area contributed by atoms with Gasteiger partial charge in [0, 0.05) is 0 Å². The molecule has 3 aromatic rings. The smallest absolute Gasteiger partial charge is 0.343 e. The van der Waals surface area contributed by atoms with E-state index in [4.69, 9.17) is 9.47 Å². The molecule has 0 fully saturated rings. The van der Waals surface area contributed by atoms with E-state index in [1.165, 1.54) is 10.4 Å². The van der Waals surface area contributed by atoms with Gasteiger partial charge in [0.05, 0.1) is 27.3 Å². The van der Waals surface area contributed by atoms with Gasteiger partial charge in [0.15, 0.2) is 0 Å². The van der Waals surface area contributed by atoms with Crippen LogP contribution in [0.5, 0.6) is 5.75 Å². The first-order chi connectivity index (χ1) is 15.4. The molecule has 0 aliphatic heterocycles. The van der Waals surface area contributed by atoms with Crippen molar-refractivity contribution >= 4 is 38.5 Å². The number of esters is 2. The Labute approximate surface area is 198 Å². The van der Waals surface area contributed by atoms with Gasteiger partial charge in [-0.3, -0.25) is 0 Å². The summed E-state index contributed by atoms with van der Waals surface area (Å²) in [5.41, 5.74) is 1.77. The molecule has 172 valence electrons. The summed E-state index contributed by atoms with van der Waals surface area (Å²) in [6, 6.07) is 22.2. The average molecular weight is 477 g/mol. The maximum Gasteiger partial charge on any atom is 0.343 e. The molecule has 0 N–H and O–H groups in total. The molecular formula is C27H32O4Si2. The highest BCUT2D eigenvalue weighted by Gasteiger charge is 2.24. The lowest BCUT2D eigenvalue weighted by Gasteiger charge is -2.23. The van der Waals surface area contributed by atoms with Gasteiger partial charge in [-0.2, -0.15) is 0 Å². The highest BCUT2D eigenvalue weighted by atomic mass is 28.3. The lowest BCUT2D eigenvalue weighted by molar-refractivity contribution is 0.0472. The van der Waals surface area contributed by atoms with Gasteiger partial charge in [-0.1, -0.05) is 86.1 Å². The molecule has 0 heterocycles. The van der Waals surface area contributed by atoms with Crippen molar-refractivity contribution in [3.8, 4) is 5.75 Å². The van der Waals surface area contributed by atoms with E-state index < -0.39 is 22.1 Å². The molecule has 0 saturated carbocycles. The van der Waals surface area contributed by atoms with Crippen LogP contribution in [0.3, 0.4) is 0 Å². The van der Waals surface area contributed by atoms with Crippen molar-refractivity contribution in [2.24, 2.45) is 0 Å². The third-order valence-corrected chi connectivity index (χ3v) is 9.46. The van der Waals surface area contributed by atoms with Crippen LogP contribution in [0.15, 0.2) is 72.8 Å². The highest BCUT2D eigenvalue weighted by Crippen LogP contribution is 2.16. The topological polar surface area (TPSA) is 52.6 Å². The number of benzene rings is 3. The van der Waals surface area contributed by atoms with E-state index in [-0.39, 0.29) is 12.6 Å². The Morgan fingerprint density at radius 1 is 0.667 bits per heavy atom. The largest absolute Gasteiger partial charge is 0.457 e. The number of carbonyl (C=O) groups is 2. The average Bonchev–Trinajstić information content (AvgIpc) is 2.77. The van der Waals surface area contributed by atoms with Crippen LogP contribution in [0.25, 0.3) is 0 Å². The lowest BCUT2D eigenvalue weighted by Crippen LogP contribution is -2.45. The summed E-state index contributed by atoms with van der Waals surface area (Å²) in [7, 11) is -3.13. The predicted molar refractivity (Wildman–Crippen MR) is 139 cm³/mol. The van der Waals surface area contributed by atoms with Crippen molar-refractivity contribution < 1.29 is 19.1 Å². The fourth-order valence-electron chi connectivity index (χ4n) is 3.23. The number of hydrogen-bond donors (Lipinski definition) is 0. The molecule has 33 heavy (non-hydrogen) atoms. The first-order valence-corrected chi connectivity index (χ1v) is 18.1. The zero-order valence-electron chi connectivity index (χ0n) is 20.3. The molecule has 0 bridgehead atoms. The molecule has 0 aliphatic rings. The van der Waals surface area contributed by atoms with E-state index in [0.29, 0.717) is 16.9 Å². The van der Waals surface area contributed by atoms with Crippen LogP contribution in [-0.2, 0) is 11.3 Å². The second-order valence-electron chi connectivity index (χ2n) is 10.3. The van der Waals surface area contributed by atoms with E-state index >= 15 is 0 Å². The van der Waals surface area contributed by atoms with Crippen LogP contribution >= 0.6 is 0 Å². The molecule has 0 saturated heterocycles. The summed E-state index contributed by atoms with van der Waals surface area (Å²) in [6.45, 7) is 13.9. The van der Waals surface area contributed by atoms with Gasteiger partial charge in [0.25, 0.3) is 0 Å². The maximum absolute atomic E-state index is 12.8. The normalized spacial score (nSPS) is 11.7. The van der Waals surface area contributed by atoms with E-state index in [9.17, 15) is 9.59 Å². The minimum absolute atomic E-state index is 0.140. The van der Waals surface area contributed by atoms with Crippen molar-refractivity contribution in [3.05, 3.63) is 89.5 Å². The van der Waals surface area contributed by atoms with Crippen LogP contribution in [0, 0.1) is 0 Å². The summed E-state index contributed by atoms with van der Waals surface area (Å²) in [5, 5.41) is 2.58. The van der Waals surface area contributed by atoms with E-state index in [0.717, 1.165) is 5.56 Å². The Balaban J connectivity index is 1.70. The van der Waals surface area contributed by atoms with Crippen LogP contribution < -0.4 is 15.1 Å². The van der Waals surface area contributed by atoms with Crippen molar-refractivity contribution in [1.29, 1.82) is 0 Å². The molecular weight excluding hydrogens is 444 g/mol. The second-order valence-corrected chi connectivity index (χ2v) is 20.4. The Morgan fingerprint density at radius 2 is 1.18 bits per heavy atom. The Morgan fingerprint density at radius 3 is 1.70 bits per heavy atom. The van der Waals surface area contributed by atoms with Crippen molar-refractivity contribution in [3.63, 3.8) is 0 Å². The second kappa shape index (κ2) is 9.89. The molecule has 0 spiro atoms. The third-order valence-electron chi connectivity index (χ3n) is 5.42. The Hall–Kier alpha value is -2.97. The fraction of sp³-hybridized carbons (Fsp3) is 0.259. The molecule has 3 aromatic carbocycles. The lowest BCUT2D eigenvalue weighted by atomic mass is 10.1. The third kappa shape index (κ3) is 6.76. The van der Waals surface area contributed by atoms with Crippen LogP contribution in [0.2, 0.25) is 39.3 Å². The van der Waals surface area contributed by atoms with Crippen molar-refractivity contribution in [2.75, 3.05) is 0 Å². The molecule has 0 unspecified atom stereocenters. The summed E-state index contributed by atoms with van der Waals surface area (Å²) in [4.78, 5) is 24.9. The summed E-state index contributed by atoms with van der Waals surface area (Å²) in [5.74, 6) is -0.158.